The Morgan fingerprint density at radius 3 is 2.33 bits per heavy atom. The van der Waals surface area contributed by atoms with E-state index >= 15 is 0 Å². The predicted octanol–water partition coefficient (Wildman–Crippen LogP) is 4.90. The fourth-order valence-electron chi connectivity index (χ4n) is 2.45. The summed E-state index contributed by atoms with van der Waals surface area (Å²) in [5.41, 5.74) is -0.0198. The molecule has 0 spiro atoms. The molecule has 0 bridgehead atoms. The second-order valence-corrected chi connectivity index (χ2v) is 5.49. The molecule has 0 amide bonds. The molecule has 0 aliphatic rings. The van der Waals surface area contributed by atoms with Gasteiger partial charge in [0.1, 0.15) is 0 Å². The van der Waals surface area contributed by atoms with Crippen molar-refractivity contribution < 1.29 is 4.39 Å². The highest BCUT2D eigenvalue weighted by atomic mass is 19.1. The van der Waals surface area contributed by atoms with E-state index in [2.05, 4.69) is 25.9 Å². The first-order valence-electron chi connectivity index (χ1n) is 7.34. The van der Waals surface area contributed by atoms with Gasteiger partial charge in [0.25, 0.3) is 0 Å². The lowest BCUT2D eigenvalue weighted by Gasteiger charge is -2.30. The Labute approximate surface area is 111 Å². The van der Waals surface area contributed by atoms with Crippen LogP contribution >= 0.6 is 0 Å². The molecule has 1 heterocycles. The number of aromatic nitrogens is 2. The molecule has 1 atom stereocenters. The third-order valence-electron chi connectivity index (χ3n) is 3.75. The van der Waals surface area contributed by atoms with Crippen molar-refractivity contribution in [3.63, 3.8) is 0 Å². The van der Waals surface area contributed by atoms with Crippen molar-refractivity contribution in [2.45, 2.75) is 77.7 Å². The Morgan fingerprint density at radius 2 is 1.78 bits per heavy atom. The molecule has 0 radical (unpaired) electrons. The van der Waals surface area contributed by atoms with Crippen molar-refractivity contribution in [2.75, 3.05) is 0 Å². The SMILES string of the molecule is CCCCCCC(C)(CCCC)n1ccc(F)n1. The molecule has 0 fully saturated rings. The van der Waals surface area contributed by atoms with E-state index in [4.69, 9.17) is 0 Å². The smallest absolute Gasteiger partial charge is 0.232 e. The average molecular weight is 254 g/mol. The van der Waals surface area contributed by atoms with Gasteiger partial charge in [-0.05, 0) is 19.8 Å². The van der Waals surface area contributed by atoms with E-state index in [9.17, 15) is 4.39 Å². The van der Waals surface area contributed by atoms with Crippen LogP contribution in [-0.4, -0.2) is 9.78 Å². The Morgan fingerprint density at radius 1 is 1.11 bits per heavy atom. The molecule has 18 heavy (non-hydrogen) atoms. The van der Waals surface area contributed by atoms with Crippen molar-refractivity contribution in [2.24, 2.45) is 0 Å². The maximum absolute atomic E-state index is 13.1. The molecule has 0 saturated carbocycles. The lowest BCUT2D eigenvalue weighted by atomic mass is 9.89. The lowest BCUT2D eigenvalue weighted by Crippen LogP contribution is -2.31. The normalized spacial score (nSPS) is 14.7. The Bertz CT molecular complexity index is 335. The Kier molecular flexibility index (Phi) is 6.37. The van der Waals surface area contributed by atoms with Crippen molar-refractivity contribution in [1.82, 2.24) is 9.78 Å². The largest absolute Gasteiger partial charge is 0.264 e. The van der Waals surface area contributed by atoms with E-state index in [0.717, 1.165) is 12.8 Å². The number of nitrogens with zero attached hydrogens (tertiary/aromatic N) is 2. The topological polar surface area (TPSA) is 17.8 Å². The molecule has 0 aliphatic heterocycles. The van der Waals surface area contributed by atoms with Crippen LogP contribution in [0.15, 0.2) is 12.3 Å². The van der Waals surface area contributed by atoms with Gasteiger partial charge in [-0.1, -0.05) is 52.4 Å². The third-order valence-corrected chi connectivity index (χ3v) is 3.75. The summed E-state index contributed by atoms with van der Waals surface area (Å²) in [5, 5.41) is 3.98. The van der Waals surface area contributed by atoms with Crippen LogP contribution in [0.25, 0.3) is 0 Å². The number of unbranched alkanes of at least 4 members (excludes halogenated alkanes) is 4. The highest BCUT2D eigenvalue weighted by molar-refractivity contribution is 4.90. The number of hydrogen-bond acceptors (Lipinski definition) is 1. The van der Waals surface area contributed by atoms with E-state index in [1.807, 2.05) is 4.68 Å². The van der Waals surface area contributed by atoms with Gasteiger partial charge in [0.15, 0.2) is 0 Å². The van der Waals surface area contributed by atoms with Crippen LogP contribution in [-0.2, 0) is 5.54 Å². The van der Waals surface area contributed by atoms with Crippen LogP contribution in [0.3, 0.4) is 0 Å². The van der Waals surface area contributed by atoms with Gasteiger partial charge in [-0.2, -0.15) is 4.39 Å². The minimum Gasteiger partial charge on any atom is -0.264 e. The summed E-state index contributed by atoms with van der Waals surface area (Å²) < 4.78 is 14.9. The van der Waals surface area contributed by atoms with Gasteiger partial charge in [0, 0.05) is 12.3 Å². The van der Waals surface area contributed by atoms with Gasteiger partial charge in [-0.15, -0.1) is 5.10 Å². The lowest BCUT2D eigenvalue weighted by molar-refractivity contribution is 0.224. The van der Waals surface area contributed by atoms with E-state index in [1.165, 1.54) is 44.6 Å². The number of hydrogen-bond donors (Lipinski definition) is 0. The minimum absolute atomic E-state index is 0.0198. The van der Waals surface area contributed by atoms with Crippen LogP contribution in [0, 0.1) is 5.95 Å². The highest BCUT2D eigenvalue weighted by Gasteiger charge is 2.26. The zero-order valence-electron chi connectivity index (χ0n) is 12.1. The standard InChI is InChI=1S/C15H27FN2/c1-4-6-8-9-12-15(3,11-7-5-2)18-13-10-14(16)17-18/h10,13H,4-9,11-12H2,1-3H3. The van der Waals surface area contributed by atoms with Gasteiger partial charge < -0.3 is 0 Å². The fraction of sp³-hybridized carbons (Fsp3) is 0.800. The second-order valence-electron chi connectivity index (χ2n) is 5.49. The van der Waals surface area contributed by atoms with Gasteiger partial charge in [-0.25, -0.2) is 0 Å². The first-order valence-corrected chi connectivity index (χ1v) is 7.34. The van der Waals surface area contributed by atoms with Crippen LogP contribution in [0.2, 0.25) is 0 Å². The maximum atomic E-state index is 13.1. The zero-order valence-corrected chi connectivity index (χ0v) is 12.1. The molecule has 0 N–H and O–H groups in total. The average Bonchev–Trinajstić information content (AvgIpc) is 2.80. The summed E-state index contributed by atoms with van der Waals surface area (Å²) in [6.07, 6.45) is 11.3. The maximum Gasteiger partial charge on any atom is 0.232 e. The summed E-state index contributed by atoms with van der Waals surface area (Å²) >= 11 is 0. The van der Waals surface area contributed by atoms with Crippen LogP contribution in [0.5, 0.6) is 0 Å². The summed E-state index contributed by atoms with van der Waals surface area (Å²) in [4.78, 5) is 0. The quantitative estimate of drug-likeness (QED) is 0.573. The molecule has 0 saturated heterocycles. The number of rotatable bonds is 9. The molecule has 1 rings (SSSR count). The highest BCUT2D eigenvalue weighted by Crippen LogP contribution is 2.29. The van der Waals surface area contributed by atoms with Crippen LogP contribution in [0.4, 0.5) is 4.39 Å². The molecule has 1 unspecified atom stereocenters. The number of halogens is 1. The van der Waals surface area contributed by atoms with E-state index in [-0.39, 0.29) is 11.5 Å². The van der Waals surface area contributed by atoms with E-state index in [0.29, 0.717) is 0 Å². The van der Waals surface area contributed by atoms with Crippen molar-refractivity contribution in [3.05, 3.63) is 18.2 Å². The molecule has 1 aromatic heterocycles. The summed E-state index contributed by atoms with van der Waals surface area (Å²) in [6, 6.07) is 1.45. The molecule has 0 aliphatic carbocycles. The van der Waals surface area contributed by atoms with Gasteiger partial charge in [-0.3, -0.25) is 4.68 Å². The summed E-state index contributed by atoms with van der Waals surface area (Å²) in [7, 11) is 0. The second kappa shape index (κ2) is 7.55. The fourth-order valence-corrected chi connectivity index (χ4v) is 2.45. The van der Waals surface area contributed by atoms with Crippen molar-refractivity contribution >= 4 is 0 Å². The third kappa shape index (κ3) is 4.43. The van der Waals surface area contributed by atoms with Crippen molar-refractivity contribution in [1.29, 1.82) is 0 Å². The molecular weight excluding hydrogens is 227 g/mol. The van der Waals surface area contributed by atoms with E-state index in [1.54, 1.807) is 6.20 Å². The van der Waals surface area contributed by atoms with Gasteiger partial charge in [0.05, 0.1) is 5.54 Å². The first-order chi connectivity index (χ1) is 8.62. The van der Waals surface area contributed by atoms with Crippen LogP contribution in [0.1, 0.15) is 72.1 Å². The molecule has 104 valence electrons. The van der Waals surface area contributed by atoms with Crippen molar-refractivity contribution in [3.8, 4) is 0 Å². The van der Waals surface area contributed by atoms with Gasteiger partial charge >= 0.3 is 0 Å². The van der Waals surface area contributed by atoms with E-state index < -0.39 is 0 Å². The van der Waals surface area contributed by atoms with Gasteiger partial charge in [0.2, 0.25) is 5.95 Å². The Hall–Kier alpha value is -0.860. The molecule has 0 aromatic carbocycles. The van der Waals surface area contributed by atoms with Crippen LogP contribution < -0.4 is 0 Å². The molecule has 2 nitrogen and oxygen atoms in total. The summed E-state index contributed by atoms with van der Waals surface area (Å²) in [5.74, 6) is -0.369. The molecule has 3 heteroatoms. The Balaban J connectivity index is 2.62. The molecule has 1 aromatic rings. The monoisotopic (exact) mass is 254 g/mol. The predicted molar refractivity (Wildman–Crippen MR) is 74.1 cm³/mol. The zero-order chi connectivity index (χ0) is 13.4. The minimum atomic E-state index is -0.369. The first kappa shape index (κ1) is 15.2. The molecular formula is C15H27FN2. The summed E-state index contributed by atoms with van der Waals surface area (Å²) in [6.45, 7) is 6.63.